The molecular weight excluding hydrogens is 392 g/mol. The van der Waals surface area contributed by atoms with Crippen LogP contribution >= 0.6 is 0 Å². The lowest BCUT2D eigenvalue weighted by atomic mass is 10.0. The minimum Gasteiger partial charge on any atom is -0.480 e. The number of nitrogens with one attached hydrogen (secondary N) is 1. The average molecular weight is 410 g/mol. The number of amides is 1. The van der Waals surface area contributed by atoms with Crippen LogP contribution in [0.15, 0.2) is 0 Å². The van der Waals surface area contributed by atoms with Gasteiger partial charge in [0.05, 0.1) is 0 Å². The van der Waals surface area contributed by atoms with E-state index in [9.17, 15) is 39.4 Å². The van der Waals surface area contributed by atoms with E-state index >= 15 is 0 Å². The molecule has 0 aromatic rings. The summed E-state index contributed by atoms with van der Waals surface area (Å²) < 4.78 is 4.57. The first kappa shape index (κ1) is 24.4. The monoisotopic (exact) mass is 410 g/mol. The van der Waals surface area contributed by atoms with Crippen molar-refractivity contribution in [2.24, 2.45) is 5.73 Å². The van der Waals surface area contributed by atoms with E-state index in [1.54, 1.807) is 0 Å². The number of hydrogen-bond donors (Lipinski definition) is 3. The fraction of sp³-hybridized carbons (Fsp3) is 0.667. The number of rotatable bonds is 14. The molecule has 0 saturated carbocycles. The van der Waals surface area contributed by atoms with Crippen molar-refractivity contribution >= 4 is 23.6 Å². The van der Waals surface area contributed by atoms with Gasteiger partial charge >= 0.3 is 11.9 Å². The number of carbonyl (C=O) groups excluding carboxylic acids is 3. The zero-order chi connectivity index (χ0) is 21.9. The first-order valence-electron chi connectivity index (χ1n) is 7.40. The van der Waals surface area contributed by atoms with E-state index < -0.39 is 71.6 Å². The van der Waals surface area contributed by atoms with Gasteiger partial charge in [-0.25, -0.2) is 4.79 Å². The largest absolute Gasteiger partial charge is 0.480 e. The molecule has 0 aliphatic carbocycles. The topological polar surface area (TPSA) is 241 Å². The van der Waals surface area contributed by atoms with E-state index in [-0.39, 0.29) is 6.42 Å². The third-order valence-corrected chi connectivity index (χ3v) is 3.06. The van der Waals surface area contributed by atoms with Crippen molar-refractivity contribution in [3.8, 4) is 0 Å². The highest BCUT2D eigenvalue weighted by molar-refractivity contribution is 6.32. The standard InChI is InChI=1S/C12H18N4O12/c1-7(17)11(21)26-4-12(5-27-15(22)23,6-28-16(24)25)14-9(18)3-2-8(13)10(19)20/h8H,2-6,13H2,1H3,(H,14,18)(H,19,20)/t8-/m0/s1. The number of Topliss-reactive ketones (excluding diaryl/α,β-unsaturated/α-hetero) is 1. The predicted octanol–water partition coefficient (Wildman–Crippen LogP) is -2.42. The molecule has 0 saturated heterocycles. The maximum atomic E-state index is 12.0. The van der Waals surface area contributed by atoms with Gasteiger partial charge in [-0.2, -0.15) is 0 Å². The Labute approximate surface area is 156 Å². The van der Waals surface area contributed by atoms with Crippen LogP contribution in [0.2, 0.25) is 0 Å². The summed E-state index contributed by atoms with van der Waals surface area (Å²) in [6, 6.07) is -1.39. The number of hydrogen-bond acceptors (Lipinski definition) is 12. The quantitative estimate of drug-likeness (QED) is 0.117. The maximum absolute atomic E-state index is 12.0. The minimum atomic E-state index is -2.13. The lowest BCUT2D eigenvalue weighted by molar-refractivity contribution is -0.769. The summed E-state index contributed by atoms with van der Waals surface area (Å²) in [6.45, 7) is -2.19. The molecule has 0 spiro atoms. The summed E-state index contributed by atoms with van der Waals surface area (Å²) in [5.41, 5.74) is 3.11. The Hall–Kier alpha value is -3.56. The number of ketones is 1. The molecule has 0 aromatic carbocycles. The van der Waals surface area contributed by atoms with Crippen molar-refractivity contribution in [1.29, 1.82) is 0 Å². The van der Waals surface area contributed by atoms with E-state index in [0.717, 1.165) is 6.92 Å². The number of ether oxygens (including phenoxy) is 1. The number of nitrogens with zero attached hydrogens (tertiary/aromatic N) is 2. The second-order valence-corrected chi connectivity index (χ2v) is 5.44. The predicted molar refractivity (Wildman–Crippen MR) is 83.3 cm³/mol. The molecule has 0 heterocycles. The summed E-state index contributed by atoms with van der Waals surface area (Å²) in [7, 11) is 0. The molecular formula is C12H18N4O12. The molecule has 0 bridgehead atoms. The molecule has 0 aliphatic heterocycles. The number of carboxylic acids is 1. The number of carboxylic acid groups (broad SMARTS) is 1. The minimum absolute atomic E-state index is 0.337. The summed E-state index contributed by atoms with van der Waals surface area (Å²) in [5, 5.41) is 29.1. The van der Waals surface area contributed by atoms with Crippen LogP contribution in [-0.4, -0.2) is 70.3 Å². The van der Waals surface area contributed by atoms with Gasteiger partial charge in [-0.05, 0) is 6.42 Å². The molecule has 0 rings (SSSR count). The van der Waals surface area contributed by atoms with Crippen LogP contribution in [0.4, 0.5) is 0 Å². The molecule has 0 unspecified atom stereocenters. The van der Waals surface area contributed by atoms with Gasteiger partial charge in [-0.1, -0.05) is 0 Å². The third kappa shape index (κ3) is 9.80. The number of esters is 1. The van der Waals surface area contributed by atoms with Gasteiger partial charge in [0.1, 0.15) is 31.4 Å². The van der Waals surface area contributed by atoms with Crippen molar-refractivity contribution in [2.45, 2.75) is 31.3 Å². The van der Waals surface area contributed by atoms with Gasteiger partial charge in [-0.3, -0.25) is 14.4 Å². The molecule has 16 nitrogen and oxygen atoms in total. The second-order valence-electron chi connectivity index (χ2n) is 5.44. The third-order valence-electron chi connectivity index (χ3n) is 3.06. The summed E-state index contributed by atoms with van der Waals surface area (Å²) >= 11 is 0. The lowest BCUT2D eigenvalue weighted by Crippen LogP contribution is -2.59. The normalized spacial score (nSPS) is 11.6. The fourth-order valence-corrected chi connectivity index (χ4v) is 1.66. The highest BCUT2D eigenvalue weighted by atomic mass is 17.0. The number of nitrogens with two attached hydrogens (primary N) is 1. The van der Waals surface area contributed by atoms with Gasteiger partial charge in [-0.15, -0.1) is 20.2 Å². The molecule has 0 radical (unpaired) electrons. The average Bonchev–Trinajstić information content (AvgIpc) is 2.60. The van der Waals surface area contributed by atoms with Crippen molar-refractivity contribution in [3.05, 3.63) is 20.2 Å². The van der Waals surface area contributed by atoms with Gasteiger partial charge in [0.25, 0.3) is 10.2 Å². The van der Waals surface area contributed by atoms with Crippen molar-refractivity contribution < 1.29 is 48.9 Å². The molecule has 158 valence electrons. The van der Waals surface area contributed by atoms with Crippen LogP contribution in [0.5, 0.6) is 0 Å². The van der Waals surface area contributed by atoms with Crippen LogP contribution in [0, 0.1) is 20.2 Å². The fourth-order valence-electron chi connectivity index (χ4n) is 1.66. The van der Waals surface area contributed by atoms with E-state index in [2.05, 4.69) is 19.7 Å². The van der Waals surface area contributed by atoms with Crippen LogP contribution in [0.3, 0.4) is 0 Å². The Morgan fingerprint density at radius 1 is 1.11 bits per heavy atom. The van der Waals surface area contributed by atoms with Gasteiger partial charge in [0.2, 0.25) is 11.7 Å². The van der Waals surface area contributed by atoms with Gasteiger partial charge < -0.3 is 30.6 Å². The van der Waals surface area contributed by atoms with E-state index in [1.807, 2.05) is 0 Å². The maximum Gasteiger partial charge on any atom is 0.374 e. The Morgan fingerprint density at radius 3 is 2.00 bits per heavy atom. The van der Waals surface area contributed by atoms with Crippen LogP contribution in [-0.2, 0) is 33.6 Å². The zero-order valence-electron chi connectivity index (χ0n) is 14.5. The highest BCUT2D eigenvalue weighted by Gasteiger charge is 2.37. The SMILES string of the molecule is CC(=O)C(=O)OCC(CO[N+](=O)[O-])(CO[N+](=O)[O-])NC(=O)CC[C@H](N)C(=O)O. The van der Waals surface area contributed by atoms with E-state index in [1.165, 1.54) is 0 Å². The highest BCUT2D eigenvalue weighted by Crippen LogP contribution is 2.11. The Morgan fingerprint density at radius 2 is 1.61 bits per heavy atom. The lowest BCUT2D eigenvalue weighted by Gasteiger charge is -2.32. The van der Waals surface area contributed by atoms with Crippen LogP contribution < -0.4 is 11.1 Å². The smallest absolute Gasteiger partial charge is 0.374 e. The summed E-state index contributed by atoms with van der Waals surface area (Å²) in [5.74, 6) is -4.76. The molecule has 1 atom stereocenters. The summed E-state index contributed by atoms with van der Waals surface area (Å²) in [4.78, 5) is 74.1. The Balaban J connectivity index is 5.39. The molecule has 0 aliphatic rings. The zero-order valence-corrected chi connectivity index (χ0v) is 14.5. The molecule has 28 heavy (non-hydrogen) atoms. The van der Waals surface area contributed by atoms with Crippen molar-refractivity contribution in [2.75, 3.05) is 19.8 Å². The number of carbonyl (C=O) groups is 4. The van der Waals surface area contributed by atoms with Crippen LogP contribution in [0.25, 0.3) is 0 Å². The van der Waals surface area contributed by atoms with E-state index in [4.69, 9.17) is 10.8 Å². The molecule has 0 fully saturated rings. The molecule has 4 N–H and O–H groups in total. The van der Waals surface area contributed by atoms with Gasteiger partial charge in [0.15, 0.2) is 0 Å². The first-order chi connectivity index (χ1) is 12.9. The van der Waals surface area contributed by atoms with Crippen molar-refractivity contribution in [3.63, 3.8) is 0 Å². The van der Waals surface area contributed by atoms with Crippen molar-refractivity contribution in [1.82, 2.24) is 5.32 Å². The van der Waals surface area contributed by atoms with E-state index in [0.29, 0.717) is 0 Å². The van der Waals surface area contributed by atoms with Crippen LogP contribution in [0.1, 0.15) is 19.8 Å². The Kier molecular flexibility index (Phi) is 9.79. The molecule has 16 heteroatoms. The van der Waals surface area contributed by atoms with Gasteiger partial charge in [0, 0.05) is 13.3 Å². The second kappa shape index (κ2) is 11.2. The molecule has 0 aromatic heterocycles. The molecule has 1 amide bonds. The summed E-state index contributed by atoms with van der Waals surface area (Å²) in [6.07, 6.45) is -0.830. The number of aliphatic carboxylic acids is 1. The first-order valence-corrected chi connectivity index (χ1v) is 7.40. The Bertz CT molecular complexity index is 618.